The van der Waals surface area contributed by atoms with Crippen molar-refractivity contribution in [1.82, 2.24) is 0 Å². The minimum absolute atomic E-state index is 0.116. The third-order valence-electron chi connectivity index (χ3n) is 1.16. The molecule has 0 saturated heterocycles. The van der Waals surface area contributed by atoms with Crippen LogP contribution in [0.5, 0.6) is 0 Å². The highest BCUT2D eigenvalue weighted by atomic mass is 31.1. The fourth-order valence-electron chi connectivity index (χ4n) is 0.576. The Morgan fingerprint density at radius 1 is 1.64 bits per heavy atom. The minimum atomic E-state index is -2.29. The molecule has 0 saturated carbocycles. The van der Waals surface area contributed by atoms with E-state index in [0.717, 1.165) is 0 Å². The third-order valence-corrected chi connectivity index (χ3v) is 2.01. The lowest BCUT2D eigenvalue weighted by Gasteiger charge is -2.02. The van der Waals surface area contributed by atoms with Gasteiger partial charge in [0.15, 0.2) is 0 Å². The van der Waals surface area contributed by atoms with Crippen molar-refractivity contribution in [2.45, 2.75) is 20.0 Å². The molecule has 2 unspecified atom stereocenters. The number of carbonyl (C=O) groups is 1. The standard InChI is InChI=1S/C8H14O5P/c1-4-6-12-14(10)13-7(3)8(9)11-5-2/h4,7H,1,5-6H2,2-3H3/q+1. The number of carbonyl (C=O) groups excluding carboxylic acids is 1. The minimum Gasteiger partial charge on any atom is -0.464 e. The Morgan fingerprint density at radius 3 is 2.79 bits per heavy atom. The molecule has 0 heterocycles. The number of esters is 1. The van der Waals surface area contributed by atoms with E-state index >= 15 is 0 Å². The molecule has 0 fully saturated rings. The molecule has 0 aromatic heterocycles. The molecule has 0 aliphatic carbocycles. The van der Waals surface area contributed by atoms with Crippen LogP contribution in [0.3, 0.4) is 0 Å². The molecule has 0 rings (SSSR count). The summed E-state index contributed by atoms with van der Waals surface area (Å²) >= 11 is 0. The average molecular weight is 221 g/mol. The van der Waals surface area contributed by atoms with Crippen molar-refractivity contribution in [3.05, 3.63) is 12.7 Å². The first-order valence-corrected chi connectivity index (χ1v) is 5.25. The first-order chi connectivity index (χ1) is 6.61. The first kappa shape index (κ1) is 13.2. The van der Waals surface area contributed by atoms with E-state index in [1.165, 1.54) is 13.0 Å². The highest BCUT2D eigenvalue weighted by Crippen LogP contribution is 2.25. The molecular weight excluding hydrogens is 207 g/mol. The molecule has 2 atom stereocenters. The Balaban J connectivity index is 3.80. The molecule has 0 radical (unpaired) electrons. The van der Waals surface area contributed by atoms with E-state index in [9.17, 15) is 9.36 Å². The van der Waals surface area contributed by atoms with Crippen molar-refractivity contribution in [2.75, 3.05) is 13.2 Å². The molecule has 0 aromatic carbocycles. The molecule has 0 aliphatic rings. The van der Waals surface area contributed by atoms with Gasteiger partial charge in [-0.3, -0.25) is 0 Å². The van der Waals surface area contributed by atoms with Crippen LogP contribution in [0.25, 0.3) is 0 Å². The Kier molecular flexibility index (Phi) is 7.20. The Bertz CT molecular complexity index is 216. The summed E-state index contributed by atoms with van der Waals surface area (Å²) in [6.07, 6.45) is 0.550. The summed E-state index contributed by atoms with van der Waals surface area (Å²) in [6, 6.07) is 0. The van der Waals surface area contributed by atoms with Crippen molar-refractivity contribution < 1.29 is 23.1 Å². The van der Waals surface area contributed by atoms with Crippen molar-refractivity contribution >= 4 is 14.2 Å². The maximum atomic E-state index is 11.0. The molecule has 0 aromatic rings. The Hall–Kier alpha value is -0.770. The zero-order valence-electron chi connectivity index (χ0n) is 8.26. The van der Waals surface area contributed by atoms with Crippen LogP contribution in [0, 0.1) is 0 Å². The largest absolute Gasteiger partial charge is 0.698 e. The number of rotatable bonds is 7. The first-order valence-electron chi connectivity index (χ1n) is 4.16. The molecule has 6 heteroatoms. The van der Waals surface area contributed by atoms with Gasteiger partial charge in [-0.2, -0.15) is 0 Å². The summed E-state index contributed by atoms with van der Waals surface area (Å²) in [7, 11) is -2.29. The second kappa shape index (κ2) is 7.62. The maximum Gasteiger partial charge on any atom is 0.698 e. The highest BCUT2D eigenvalue weighted by Gasteiger charge is 2.29. The van der Waals surface area contributed by atoms with Gasteiger partial charge < -0.3 is 4.74 Å². The van der Waals surface area contributed by atoms with E-state index < -0.39 is 20.3 Å². The predicted octanol–water partition coefficient (Wildman–Crippen LogP) is 1.81. The summed E-state index contributed by atoms with van der Waals surface area (Å²) in [5.74, 6) is -0.557. The van der Waals surface area contributed by atoms with Crippen LogP contribution >= 0.6 is 8.25 Å². The van der Waals surface area contributed by atoms with Gasteiger partial charge in [-0.15, -0.1) is 15.6 Å². The van der Waals surface area contributed by atoms with E-state index in [1.807, 2.05) is 0 Å². The average Bonchev–Trinajstić information content (AvgIpc) is 2.15. The van der Waals surface area contributed by atoms with Gasteiger partial charge in [0.25, 0.3) is 0 Å². The van der Waals surface area contributed by atoms with Crippen LogP contribution in [0.2, 0.25) is 0 Å². The topological polar surface area (TPSA) is 61.8 Å². The van der Waals surface area contributed by atoms with Crippen molar-refractivity contribution in [3.63, 3.8) is 0 Å². The van der Waals surface area contributed by atoms with Crippen LogP contribution in [-0.4, -0.2) is 25.3 Å². The fraction of sp³-hybridized carbons (Fsp3) is 0.625. The van der Waals surface area contributed by atoms with Gasteiger partial charge in [0.2, 0.25) is 6.10 Å². The molecule has 5 nitrogen and oxygen atoms in total. The zero-order chi connectivity index (χ0) is 11.0. The lowest BCUT2D eigenvalue weighted by Crippen LogP contribution is -2.21. The van der Waals surface area contributed by atoms with E-state index in [-0.39, 0.29) is 13.2 Å². The van der Waals surface area contributed by atoms with Crippen LogP contribution < -0.4 is 0 Å². The number of ether oxygens (including phenoxy) is 1. The van der Waals surface area contributed by atoms with Gasteiger partial charge >= 0.3 is 14.2 Å². The van der Waals surface area contributed by atoms with Crippen molar-refractivity contribution in [1.29, 1.82) is 0 Å². The number of hydrogen-bond donors (Lipinski definition) is 0. The lowest BCUT2D eigenvalue weighted by atomic mass is 10.4. The van der Waals surface area contributed by atoms with E-state index in [1.54, 1.807) is 6.92 Å². The molecule has 0 amide bonds. The predicted molar refractivity (Wildman–Crippen MR) is 50.9 cm³/mol. The molecule has 80 valence electrons. The fourth-order valence-corrected chi connectivity index (χ4v) is 1.21. The molecule has 0 bridgehead atoms. The molecule has 0 spiro atoms. The van der Waals surface area contributed by atoms with Gasteiger partial charge in [-0.25, -0.2) is 4.79 Å². The molecular formula is C8H14O5P+. The van der Waals surface area contributed by atoms with E-state index in [4.69, 9.17) is 4.52 Å². The summed E-state index contributed by atoms with van der Waals surface area (Å²) in [6.45, 7) is 6.88. The van der Waals surface area contributed by atoms with Crippen LogP contribution in [0.1, 0.15) is 13.8 Å². The maximum absolute atomic E-state index is 11.0. The quantitative estimate of drug-likeness (QED) is 0.372. The van der Waals surface area contributed by atoms with Crippen LogP contribution in [0.15, 0.2) is 12.7 Å². The Labute approximate surface area is 84.0 Å². The second-order valence-electron chi connectivity index (χ2n) is 2.31. The van der Waals surface area contributed by atoms with Crippen molar-refractivity contribution in [3.8, 4) is 0 Å². The summed E-state index contributed by atoms with van der Waals surface area (Å²) in [5, 5.41) is 0. The SMILES string of the molecule is C=CCO[P+](=O)OC(C)C(=O)OCC. The van der Waals surface area contributed by atoms with Gasteiger partial charge in [-0.05, 0) is 13.8 Å². The summed E-state index contributed by atoms with van der Waals surface area (Å²) in [4.78, 5) is 11.0. The van der Waals surface area contributed by atoms with Gasteiger partial charge in [0.1, 0.15) is 6.61 Å². The van der Waals surface area contributed by atoms with Gasteiger partial charge in [-0.1, -0.05) is 6.08 Å². The van der Waals surface area contributed by atoms with Crippen molar-refractivity contribution in [2.24, 2.45) is 0 Å². The monoisotopic (exact) mass is 221 g/mol. The molecule has 0 aliphatic heterocycles. The Morgan fingerprint density at radius 2 is 2.29 bits per heavy atom. The highest BCUT2D eigenvalue weighted by molar-refractivity contribution is 7.33. The summed E-state index contributed by atoms with van der Waals surface area (Å²) in [5.41, 5.74) is 0. The van der Waals surface area contributed by atoms with Crippen LogP contribution in [-0.2, 0) is 23.1 Å². The normalized spacial score (nSPS) is 13.1. The number of hydrogen-bond acceptors (Lipinski definition) is 5. The molecule has 14 heavy (non-hydrogen) atoms. The third kappa shape index (κ3) is 5.80. The van der Waals surface area contributed by atoms with Crippen LogP contribution in [0.4, 0.5) is 0 Å². The van der Waals surface area contributed by atoms with Gasteiger partial charge in [0, 0.05) is 4.57 Å². The smallest absolute Gasteiger partial charge is 0.464 e. The van der Waals surface area contributed by atoms with E-state index in [2.05, 4.69) is 15.8 Å². The summed E-state index contributed by atoms with van der Waals surface area (Å²) < 4.78 is 25.0. The van der Waals surface area contributed by atoms with Gasteiger partial charge in [0.05, 0.1) is 6.61 Å². The molecule has 0 N–H and O–H groups in total. The van der Waals surface area contributed by atoms with E-state index in [0.29, 0.717) is 0 Å². The lowest BCUT2D eigenvalue weighted by molar-refractivity contribution is -0.150. The zero-order valence-corrected chi connectivity index (χ0v) is 9.16. The second-order valence-corrected chi connectivity index (χ2v) is 3.22.